The second-order valence-electron chi connectivity index (χ2n) is 4.92. The molecule has 0 amide bonds. The fourth-order valence-electron chi connectivity index (χ4n) is 2.04. The van der Waals surface area contributed by atoms with Crippen LogP contribution in [0.15, 0.2) is 45.3 Å². The summed E-state index contributed by atoms with van der Waals surface area (Å²) in [4.78, 5) is 0. The minimum atomic E-state index is 0.0880. The molecule has 1 atom stereocenters. The third-order valence-electron chi connectivity index (χ3n) is 3.29. The number of rotatable bonds is 4. The van der Waals surface area contributed by atoms with Crippen LogP contribution >= 0.6 is 31.9 Å². The number of nitrogens with one attached hydrogen (secondary N) is 1. The maximum absolute atomic E-state index is 5.94. The van der Waals surface area contributed by atoms with Crippen LogP contribution in [0.3, 0.4) is 0 Å². The highest BCUT2D eigenvalue weighted by molar-refractivity contribution is 9.10. The van der Waals surface area contributed by atoms with Gasteiger partial charge in [0.2, 0.25) is 0 Å². The highest BCUT2D eigenvalue weighted by atomic mass is 79.9. The van der Waals surface area contributed by atoms with E-state index in [0.29, 0.717) is 6.54 Å². The third-order valence-corrected chi connectivity index (χ3v) is 4.83. The van der Waals surface area contributed by atoms with Gasteiger partial charge in [0.05, 0.1) is 6.04 Å². The smallest absolute Gasteiger partial charge is 0.0636 e. The lowest BCUT2D eigenvalue weighted by atomic mass is 10.0. The molecule has 0 aliphatic carbocycles. The van der Waals surface area contributed by atoms with E-state index in [1.54, 1.807) is 0 Å². The third kappa shape index (κ3) is 3.62. The average molecular weight is 398 g/mol. The van der Waals surface area contributed by atoms with Crippen LogP contribution in [0, 0.1) is 13.8 Å². The molecule has 0 fully saturated rings. The van der Waals surface area contributed by atoms with Crippen LogP contribution in [0.25, 0.3) is 0 Å². The summed E-state index contributed by atoms with van der Waals surface area (Å²) in [5, 5.41) is 3.51. The maximum atomic E-state index is 5.94. The number of hydrogen-bond acceptors (Lipinski definition) is 2. The molecule has 2 aromatic rings. The Bertz CT molecular complexity index is 611. The first kappa shape index (κ1) is 15.5. The van der Waals surface area contributed by atoms with Crippen LogP contribution in [0.5, 0.6) is 0 Å². The standard InChI is InChI=1S/C16H18Br2N2/c1-10-3-6-13(17)15(7-10)20-16(9-19)12-5-4-11(2)14(18)8-12/h3-8,16,20H,9,19H2,1-2H3. The Kier molecular flexibility index (Phi) is 5.24. The van der Waals surface area contributed by atoms with Crippen LogP contribution in [-0.4, -0.2) is 6.54 Å². The molecule has 106 valence electrons. The molecular formula is C16H18Br2N2. The van der Waals surface area contributed by atoms with E-state index in [1.807, 2.05) is 0 Å². The Morgan fingerprint density at radius 2 is 1.80 bits per heavy atom. The molecule has 3 N–H and O–H groups in total. The number of hydrogen-bond donors (Lipinski definition) is 2. The summed E-state index contributed by atoms with van der Waals surface area (Å²) in [7, 11) is 0. The van der Waals surface area contributed by atoms with E-state index < -0.39 is 0 Å². The van der Waals surface area contributed by atoms with Crippen molar-refractivity contribution in [1.82, 2.24) is 0 Å². The topological polar surface area (TPSA) is 38.0 Å². The Balaban J connectivity index is 2.28. The van der Waals surface area contributed by atoms with Gasteiger partial charge in [-0.15, -0.1) is 0 Å². The first-order chi connectivity index (χ1) is 9.51. The minimum Gasteiger partial charge on any atom is -0.376 e. The molecule has 0 aliphatic heterocycles. The van der Waals surface area contributed by atoms with Crippen molar-refractivity contribution >= 4 is 37.5 Å². The van der Waals surface area contributed by atoms with Crippen LogP contribution in [0.4, 0.5) is 5.69 Å². The number of aryl methyl sites for hydroxylation is 2. The molecule has 1 unspecified atom stereocenters. The number of nitrogens with two attached hydrogens (primary N) is 1. The van der Waals surface area contributed by atoms with Crippen LogP contribution in [0.2, 0.25) is 0 Å². The molecule has 4 heteroatoms. The number of benzene rings is 2. The van der Waals surface area contributed by atoms with Crippen molar-refractivity contribution in [3.63, 3.8) is 0 Å². The molecule has 2 rings (SSSR count). The minimum absolute atomic E-state index is 0.0880. The summed E-state index contributed by atoms with van der Waals surface area (Å²) < 4.78 is 2.16. The molecule has 0 saturated carbocycles. The lowest BCUT2D eigenvalue weighted by molar-refractivity contribution is 0.788. The molecule has 0 aliphatic rings. The number of halogens is 2. The summed E-state index contributed by atoms with van der Waals surface area (Å²) >= 11 is 7.15. The van der Waals surface area contributed by atoms with Gasteiger partial charge in [0.15, 0.2) is 0 Å². The fourth-order valence-corrected chi connectivity index (χ4v) is 2.80. The predicted octanol–water partition coefficient (Wildman–Crippen LogP) is 4.94. The van der Waals surface area contributed by atoms with Gasteiger partial charge in [0.25, 0.3) is 0 Å². The SMILES string of the molecule is Cc1ccc(Br)c(NC(CN)c2ccc(C)c(Br)c2)c1. The van der Waals surface area contributed by atoms with Crippen molar-refractivity contribution in [2.75, 3.05) is 11.9 Å². The molecule has 2 nitrogen and oxygen atoms in total. The highest BCUT2D eigenvalue weighted by Gasteiger charge is 2.12. The van der Waals surface area contributed by atoms with Crippen molar-refractivity contribution in [3.05, 3.63) is 62.0 Å². The van der Waals surface area contributed by atoms with E-state index in [1.165, 1.54) is 16.7 Å². The van der Waals surface area contributed by atoms with Crippen molar-refractivity contribution < 1.29 is 0 Å². The normalized spacial score (nSPS) is 12.2. The zero-order valence-electron chi connectivity index (χ0n) is 11.6. The van der Waals surface area contributed by atoms with E-state index in [9.17, 15) is 0 Å². The Hall–Kier alpha value is -0.840. The van der Waals surface area contributed by atoms with Gasteiger partial charge in [-0.2, -0.15) is 0 Å². The molecule has 2 aromatic carbocycles. The predicted molar refractivity (Wildman–Crippen MR) is 93.2 cm³/mol. The van der Waals surface area contributed by atoms with Gasteiger partial charge >= 0.3 is 0 Å². The largest absolute Gasteiger partial charge is 0.376 e. The average Bonchev–Trinajstić information content (AvgIpc) is 2.43. The van der Waals surface area contributed by atoms with Gasteiger partial charge in [-0.25, -0.2) is 0 Å². The lowest BCUT2D eigenvalue weighted by Crippen LogP contribution is -2.21. The van der Waals surface area contributed by atoms with E-state index >= 15 is 0 Å². The van der Waals surface area contributed by atoms with Gasteiger partial charge in [0, 0.05) is 21.2 Å². The van der Waals surface area contributed by atoms with Crippen molar-refractivity contribution in [1.29, 1.82) is 0 Å². The molecule has 0 spiro atoms. The second kappa shape index (κ2) is 6.74. The molecule has 20 heavy (non-hydrogen) atoms. The molecule has 0 saturated heterocycles. The maximum Gasteiger partial charge on any atom is 0.0636 e. The monoisotopic (exact) mass is 396 g/mol. The highest BCUT2D eigenvalue weighted by Crippen LogP contribution is 2.29. The van der Waals surface area contributed by atoms with Crippen molar-refractivity contribution in [2.24, 2.45) is 5.73 Å². The molecule has 0 radical (unpaired) electrons. The molecule has 0 bridgehead atoms. The van der Waals surface area contributed by atoms with Gasteiger partial charge in [-0.1, -0.05) is 34.1 Å². The Morgan fingerprint density at radius 3 is 2.45 bits per heavy atom. The van der Waals surface area contributed by atoms with Gasteiger partial charge in [-0.05, 0) is 64.7 Å². The summed E-state index contributed by atoms with van der Waals surface area (Å²) in [6.07, 6.45) is 0. The zero-order chi connectivity index (χ0) is 14.7. The van der Waals surface area contributed by atoms with Crippen molar-refractivity contribution in [3.8, 4) is 0 Å². The first-order valence-electron chi connectivity index (χ1n) is 6.50. The second-order valence-corrected chi connectivity index (χ2v) is 6.63. The van der Waals surface area contributed by atoms with E-state index in [4.69, 9.17) is 5.73 Å². The summed E-state index contributed by atoms with van der Waals surface area (Å²) in [5.74, 6) is 0. The van der Waals surface area contributed by atoms with E-state index in [0.717, 1.165) is 14.6 Å². The lowest BCUT2D eigenvalue weighted by Gasteiger charge is -2.20. The van der Waals surface area contributed by atoms with Gasteiger partial charge in [0.1, 0.15) is 0 Å². The van der Waals surface area contributed by atoms with Crippen LogP contribution in [0.1, 0.15) is 22.7 Å². The van der Waals surface area contributed by atoms with Crippen molar-refractivity contribution in [2.45, 2.75) is 19.9 Å². The first-order valence-corrected chi connectivity index (χ1v) is 8.08. The Labute approximate surface area is 137 Å². The Morgan fingerprint density at radius 1 is 1.05 bits per heavy atom. The van der Waals surface area contributed by atoms with Gasteiger partial charge in [-0.3, -0.25) is 0 Å². The van der Waals surface area contributed by atoms with Crippen LogP contribution in [-0.2, 0) is 0 Å². The van der Waals surface area contributed by atoms with E-state index in [-0.39, 0.29) is 6.04 Å². The molecular weight excluding hydrogens is 380 g/mol. The fraction of sp³-hybridized carbons (Fsp3) is 0.250. The summed E-state index contributed by atoms with van der Waals surface area (Å²) in [6.45, 7) is 4.70. The summed E-state index contributed by atoms with van der Waals surface area (Å²) in [5.41, 5.74) is 10.6. The quantitative estimate of drug-likeness (QED) is 0.766. The molecule has 0 heterocycles. The van der Waals surface area contributed by atoms with Gasteiger partial charge < -0.3 is 11.1 Å². The number of anilines is 1. The summed E-state index contributed by atoms with van der Waals surface area (Å²) in [6, 6.07) is 12.7. The molecule has 0 aromatic heterocycles. The van der Waals surface area contributed by atoms with Crippen LogP contribution < -0.4 is 11.1 Å². The van der Waals surface area contributed by atoms with E-state index in [2.05, 4.69) is 87.4 Å². The zero-order valence-corrected chi connectivity index (χ0v) is 14.8.